The van der Waals surface area contributed by atoms with Gasteiger partial charge >= 0.3 is 6.03 Å². The minimum absolute atomic E-state index is 0.0697. The summed E-state index contributed by atoms with van der Waals surface area (Å²) in [6.07, 6.45) is 0.581. The van der Waals surface area contributed by atoms with Crippen molar-refractivity contribution in [3.05, 3.63) is 59.7 Å². The highest BCUT2D eigenvalue weighted by Gasteiger charge is 2.07. The molecule has 2 rings (SSSR count). The van der Waals surface area contributed by atoms with Crippen LogP contribution in [0.15, 0.2) is 53.4 Å². The average Bonchev–Trinajstić information content (AvgIpc) is 2.60. The Labute approximate surface area is 147 Å². The van der Waals surface area contributed by atoms with Gasteiger partial charge < -0.3 is 15.4 Å². The van der Waals surface area contributed by atoms with E-state index in [9.17, 15) is 13.2 Å². The molecule has 0 atom stereocenters. The lowest BCUT2D eigenvalue weighted by Crippen LogP contribution is -2.36. The van der Waals surface area contributed by atoms with E-state index >= 15 is 0 Å². The molecule has 0 spiro atoms. The molecule has 0 aliphatic heterocycles. The van der Waals surface area contributed by atoms with Crippen LogP contribution < -0.4 is 20.5 Å². The van der Waals surface area contributed by atoms with Gasteiger partial charge in [-0.2, -0.15) is 0 Å². The third kappa shape index (κ3) is 6.09. The number of nitrogens with two attached hydrogens (primary N) is 1. The van der Waals surface area contributed by atoms with Crippen molar-refractivity contribution >= 4 is 16.1 Å². The average molecular weight is 363 g/mol. The number of hydrogen-bond donors (Lipinski definition) is 3. The van der Waals surface area contributed by atoms with E-state index in [4.69, 9.17) is 9.88 Å². The normalized spacial score (nSPS) is 11.0. The van der Waals surface area contributed by atoms with Crippen LogP contribution >= 0.6 is 0 Å². The van der Waals surface area contributed by atoms with Gasteiger partial charge in [-0.25, -0.2) is 18.4 Å². The maximum atomic E-state index is 11.8. The Morgan fingerprint density at radius 1 is 1.08 bits per heavy atom. The van der Waals surface area contributed by atoms with Crippen LogP contribution in [0.3, 0.4) is 0 Å². The molecule has 25 heavy (non-hydrogen) atoms. The van der Waals surface area contributed by atoms with Gasteiger partial charge in [0.1, 0.15) is 5.75 Å². The van der Waals surface area contributed by atoms with Crippen LogP contribution in [0.5, 0.6) is 5.75 Å². The Morgan fingerprint density at radius 2 is 1.80 bits per heavy atom. The molecule has 2 aromatic carbocycles. The summed E-state index contributed by atoms with van der Waals surface area (Å²) in [5.41, 5.74) is 1.84. The van der Waals surface area contributed by atoms with Gasteiger partial charge in [-0.05, 0) is 41.8 Å². The number of nitrogens with one attached hydrogen (secondary N) is 2. The monoisotopic (exact) mass is 363 g/mol. The number of methoxy groups -OCH3 is 1. The summed E-state index contributed by atoms with van der Waals surface area (Å²) in [5.74, 6) is 0.739. The van der Waals surface area contributed by atoms with E-state index in [1.165, 1.54) is 12.1 Å². The Hall–Kier alpha value is -2.58. The van der Waals surface area contributed by atoms with Crippen molar-refractivity contribution < 1.29 is 17.9 Å². The SMILES string of the molecule is COc1cccc(CNC(=O)NCCc2ccc(S(N)(=O)=O)cc2)c1. The highest BCUT2D eigenvalue weighted by molar-refractivity contribution is 7.89. The molecule has 0 unspecified atom stereocenters. The van der Waals surface area contributed by atoms with E-state index in [1.807, 2.05) is 24.3 Å². The van der Waals surface area contributed by atoms with Gasteiger partial charge in [0, 0.05) is 13.1 Å². The predicted molar refractivity (Wildman–Crippen MR) is 94.8 cm³/mol. The lowest BCUT2D eigenvalue weighted by atomic mass is 10.1. The molecule has 2 aromatic rings. The van der Waals surface area contributed by atoms with Crippen molar-refractivity contribution in [3.63, 3.8) is 0 Å². The zero-order valence-corrected chi connectivity index (χ0v) is 14.7. The molecule has 0 aliphatic carbocycles. The molecule has 4 N–H and O–H groups in total. The second-order valence-electron chi connectivity index (χ2n) is 5.40. The van der Waals surface area contributed by atoms with E-state index in [2.05, 4.69) is 10.6 Å². The summed E-state index contributed by atoms with van der Waals surface area (Å²) in [4.78, 5) is 11.9. The number of urea groups is 1. The van der Waals surface area contributed by atoms with Crippen LogP contribution in [0.2, 0.25) is 0 Å². The molecule has 0 bridgehead atoms. The van der Waals surface area contributed by atoms with E-state index in [-0.39, 0.29) is 10.9 Å². The van der Waals surface area contributed by atoms with Crippen molar-refractivity contribution in [2.24, 2.45) is 5.14 Å². The summed E-state index contributed by atoms with van der Waals surface area (Å²) >= 11 is 0. The first kappa shape index (κ1) is 18.8. The fraction of sp³-hybridized carbons (Fsp3) is 0.235. The van der Waals surface area contributed by atoms with Crippen LogP contribution in [0.1, 0.15) is 11.1 Å². The van der Waals surface area contributed by atoms with Gasteiger partial charge in [0.05, 0.1) is 12.0 Å². The van der Waals surface area contributed by atoms with E-state index in [0.717, 1.165) is 16.9 Å². The van der Waals surface area contributed by atoms with Crippen LogP contribution in [-0.4, -0.2) is 28.1 Å². The molecular weight excluding hydrogens is 342 g/mol. The van der Waals surface area contributed by atoms with Gasteiger partial charge in [-0.1, -0.05) is 24.3 Å². The molecule has 0 saturated heterocycles. The first-order valence-corrected chi connectivity index (χ1v) is 9.19. The van der Waals surface area contributed by atoms with Crippen molar-refractivity contribution in [1.82, 2.24) is 10.6 Å². The van der Waals surface area contributed by atoms with Crippen molar-refractivity contribution in [2.75, 3.05) is 13.7 Å². The van der Waals surface area contributed by atoms with Crippen molar-refractivity contribution in [3.8, 4) is 5.75 Å². The molecule has 0 heterocycles. The third-order valence-corrected chi connectivity index (χ3v) is 4.47. The smallest absolute Gasteiger partial charge is 0.315 e. The number of rotatable bonds is 7. The lowest BCUT2D eigenvalue weighted by molar-refractivity contribution is 0.240. The number of carbonyl (C=O) groups is 1. The van der Waals surface area contributed by atoms with Crippen LogP contribution in [0.25, 0.3) is 0 Å². The van der Waals surface area contributed by atoms with Gasteiger partial charge in [-0.15, -0.1) is 0 Å². The number of carbonyl (C=O) groups excluding carboxylic acids is 1. The molecule has 8 heteroatoms. The fourth-order valence-corrected chi connectivity index (χ4v) is 2.71. The summed E-state index contributed by atoms with van der Waals surface area (Å²) in [6, 6.07) is 13.4. The molecule has 0 aromatic heterocycles. The second-order valence-corrected chi connectivity index (χ2v) is 6.96. The zero-order valence-electron chi connectivity index (χ0n) is 13.9. The number of hydrogen-bond acceptors (Lipinski definition) is 4. The minimum Gasteiger partial charge on any atom is -0.497 e. The van der Waals surface area contributed by atoms with Gasteiger partial charge in [0.2, 0.25) is 10.0 Å². The lowest BCUT2D eigenvalue weighted by Gasteiger charge is -2.09. The Balaban J connectivity index is 1.75. The standard InChI is InChI=1S/C17H21N3O4S/c1-24-15-4-2-3-14(11-15)12-20-17(21)19-10-9-13-5-7-16(8-6-13)25(18,22)23/h2-8,11H,9-10,12H2,1H3,(H2,18,22,23)(H2,19,20,21). The fourth-order valence-electron chi connectivity index (χ4n) is 2.19. The van der Waals surface area contributed by atoms with Crippen LogP contribution in [-0.2, 0) is 23.0 Å². The molecule has 7 nitrogen and oxygen atoms in total. The Morgan fingerprint density at radius 3 is 2.44 bits per heavy atom. The molecule has 0 radical (unpaired) electrons. The largest absolute Gasteiger partial charge is 0.497 e. The van der Waals surface area contributed by atoms with Gasteiger partial charge in [0.25, 0.3) is 0 Å². The number of primary sulfonamides is 1. The van der Waals surface area contributed by atoms with E-state index < -0.39 is 10.0 Å². The summed E-state index contributed by atoms with van der Waals surface area (Å²) in [6.45, 7) is 0.824. The summed E-state index contributed by atoms with van der Waals surface area (Å²) in [5, 5.41) is 10.6. The molecule has 2 amide bonds. The van der Waals surface area contributed by atoms with E-state index in [0.29, 0.717) is 19.5 Å². The summed E-state index contributed by atoms with van der Waals surface area (Å²) in [7, 11) is -2.09. The van der Waals surface area contributed by atoms with Gasteiger partial charge in [-0.3, -0.25) is 0 Å². The number of sulfonamides is 1. The highest BCUT2D eigenvalue weighted by atomic mass is 32.2. The topological polar surface area (TPSA) is 111 Å². The first-order valence-electron chi connectivity index (χ1n) is 7.65. The quantitative estimate of drug-likeness (QED) is 0.690. The third-order valence-electron chi connectivity index (χ3n) is 3.54. The molecule has 0 fully saturated rings. The van der Waals surface area contributed by atoms with Gasteiger partial charge in [0.15, 0.2) is 0 Å². The van der Waals surface area contributed by atoms with Crippen LogP contribution in [0, 0.1) is 0 Å². The number of ether oxygens (including phenoxy) is 1. The van der Waals surface area contributed by atoms with E-state index in [1.54, 1.807) is 19.2 Å². The maximum absolute atomic E-state index is 11.8. The Bertz CT molecular complexity index is 820. The summed E-state index contributed by atoms with van der Waals surface area (Å²) < 4.78 is 27.5. The minimum atomic E-state index is -3.68. The van der Waals surface area contributed by atoms with Crippen molar-refractivity contribution in [1.29, 1.82) is 0 Å². The Kier molecular flexibility index (Phi) is 6.37. The zero-order chi connectivity index (χ0) is 18.3. The molecule has 134 valence electrons. The predicted octanol–water partition coefficient (Wildman–Crippen LogP) is 1.38. The second kappa shape index (κ2) is 8.50. The molecular formula is C17H21N3O4S. The molecule has 0 saturated carbocycles. The number of benzene rings is 2. The molecule has 0 aliphatic rings. The van der Waals surface area contributed by atoms with Crippen molar-refractivity contribution in [2.45, 2.75) is 17.9 Å². The first-order chi connectivity index (χ1) is 11.9. The number of amides is 2. The van der Waals surface area contributed by atoms with Crippen LogP contribution in [0.4, 0.5) is 4.79 Å². The maximum Gasteiger partial charge on any atom is 0.315 e. The highest BCUT2D eigenvalue weighted by Crippen LogP contribution is 2.12.